The van der Waals surface area contributed by atoms with Crippen LogP contribution in [0.2, 0.25) is 0 Å². The van der Waals surface area contributed by atoms with Crippen LogP contribution in [0, 0.1) is 10.1 Å². The number of rotatable bonds is 0. The second-order valence-electron chi connectivity index (χ2n) is 1.48. The molecule has 0 spiro atoms. The van der Waals surface area contributed by atoms with Crippen LogP contribution in [0.25, 0.3) is 0 Å². The molecule has 0 aromatic carbocycles. The number of aliphatic imine (C=N–C) groups is 2. The highest BCUT2D eigenvalue weighted by Gasteiger charge is 2.18. The van der Waals surface area contributed by atoms with Gasteiger partial charge in [0.15, 0.2) is 6.54 Å². The van der Waals surface area contributed by atoms with E-state index >= 15 is 0 Å². The third-order valence-corrected chi connectivity index (χ3v) is 0.789. The third kappa shape index (κ3) is 1.01. The zero-order valence-corrected chi connectivity index (χ0v) is 4.44. The van der Waals surface area contributed by atoms with Crippen molar-refractivity contribution in [2.45, 2.75) is 0 Å². The maximum atomic E-state index is 9.86. The maximum Gasteiger partial charge on any atom is 0.465 e. The molecular weight excluding hydrogens is 124 g/mol. The third-order valence-electron chi connectivity index (χ3n) is 0.789. The topological polar surface area (TPSA) is 93.9 Å². The monoisotopic (exact) mass is 128 g/mol. The number of hydrogen-bond acceptors (Lipinski definition) is 5. The van der Waals surface area contributed by atoms with Gasteiger partial charge in [0.1, 0.15) is 0 Å². The fourth-order valence-corrected chi connectivity index (χ4v) is 0.449. The van der Waals surface area contributed by atoms with E-state index in [1.165, 1.54) is 0 Å². The molecule has 0 saturated heterocycles. The Hall–Kier alpha value is -1.46. The van der Waals surface area contributed by atoms with Crippen LogP contribution in [-0.2, 0) is 0 Å². The molecule has 0 aliphatic carbocycles. The first kappa shape index (κ1) is 5.67. The summed E-state index contributed by atoms with van der Waals surface area (Å²) < 4.78 is 0. The van der Waals surface area contributed by atoms with E-state index in [1.54, 1.807) is 0 Å². The Kier molecular flexibility index (Phi) is 1.14. The fraction of sp³-hybridized carbons (Fsp3) is 0.333. The van der Waals surface area contributed by atoms with Crippen molar-refractivity contribution in [1.82, 2.24) is 0 Å². The van der Waals surface area contributed by atoms with E-state index in [1.807, 2.05) is 0 Å². The van der Waals surface area contributed by atoms with Gasteiger partial charge in [0.05, 0.1) is 0 Å². The first-order chi connectivity index (χ1) is 4.20. The Bertz CT molecular complexity index is 206. The van der Waals surface area contributed by atoms with Crippen molar-refractivity contribution in [2.75, 3.05) is 6.54 Å². The van der Waals surface area contributed by atoms with Crippen molar-refractivity contribution < 1.29 is 4.92 Å². The van der Waals surface area contributed by atoms with Gasteiger partial charge in [-0.1, -0.05) is 4.99 Å². The van der Waals surface area contributed by atoms with Gasteiger partial charge in [0.25, 0.3) is 0 Å². The molecule has 0 atom stereocenters. The minimum absolute atomic E-state index is 0.149. The van der Waals surface area contributed by atoms with Crippen LogP contribution in [0.4, 0.5) is 0 Å². The fourth-order valence-electron chi connectivity index (χ4n) is 0.449. The molecule has 0 unspecified atom stereocenters. The lowest BCUT2D eigenvalue weighted by molar-refractivity contribution is -0.351. The number of nitrogens with two attached hydrogens (primary N) is 1. The van der Waals surface area contributed by atoms with E-state index in [2.05, 4.69) is 9.98 Å². The second-order valence-corrected chi connectivity index (χ2v) is 1.48. The summed E-state index contributed by atoms with van der Waals surface area (Å²) in [6, 6.07) is 0. The lowest BCUT2D eigenvalue weighted by Crippen LogP contribution is -2.12. The average molecular weight is 128 g/mol. The Balaban J connectivity index is 2.75. The molecule has 0 aromatic heterocycles. The lowest BCUT2D eigenvalue weighted by Gasteiger charge is -1.84. The lowest BCUT2D eigenvalue weighted by atomic mass is 10.6. The van der Waals surface area contributed by atoms with E-state index in [-0.39, 0.29) is 12.4 Å². The number of amidine groups is 1. The SMILES string of the molecule is NC1=NC([N+](=O)[O-])=NC1. The van der Waals surface area contributed by atoms with Gasteiger partial charge in [-0.15, -0.1) is 0 Å². The molecule has 0 radical (unpaired) electrons. The molecule has 0 fully saturated rings. The van der Waals surface area contributed by atoms with Crippen LogP contribution >= 0.6 is 0 Å². The molecule has 6 heteroatoms. The number of guanidine groups is 1. The quantitative estimate of drug-likeness (QED) is 0.334. The van der Waals surface area contributed by atoms with Gasteiger partial charge < -0.3 is 15.8 Å². The van der Waals surface area contributed by atoms with E-state index in [0.717, 1.165) is 0 Å². The van der Waals surface area contributed by atoms with Gasteiger partial charge in [-0.3, -0.25) is 0 Å². The van der Waals surface area contributed by atoms with E-state index < -0.39 is 10.9 Å². The summed E-state index contributed by atoms with van der Waals surface area (Å²) in [6.07, 6.45) is 0. The van der Waals surface area contributed by atoms with Gasteiger partial charge in [-0.2, -0.15) is 0 Å². The molecule has 2 N–H and O–H groups in total. The highest BCUT2D eigenvalue weighted by molar-refractivity contribution is 5.97. The molecule has 0 saturated carbocycles. The van der Waals surface area contributed by atoms with Gasteiger partial charge in [0, 0.05) is 0 Å². The number of nitrogens with zero attached hydrogens (tertiary/aromatic N) is 3. The normalized spacial score (nSPS) is 16.9. The van der Waals surface area contributed by atoms with Gasteiger partial charge >= 0.3 is 5.96 Å². The molecule has 0 aromatic rings. The van der Waals surface area contributed by atoms with E-state index in [9.17, 15) is 10.1 Å². The van der Waals surface area contributed by atoms with Crippen molar-refractivity contribution in [1.29, 1.82) is 0 Å². The average Bonchev–Trinajstić information content (AvgIpc) is 2.14. The van der Waals surface area contributed by atoms with Crippen LogP contribution in [0.1, 0.15) is 0 Å². The maximum absolute atomic E-state index is 9.86. The second kappa shape index (κ2) is 1.81. The van der Waals surface area contributed by atoms with E-state index in [0.29, 0.717) is 0 Å². The smallest absolute Gasteiger partial charge is 0.390 e. The summed E-state index contributed by atoms with van der Waals surface area (Å²) in [5.41, 5.74) is 5.09. The van der Waals surface area contributed by atoms with Crippen molar-refractivity contribution in [3.05, 3.63) is 10.1 Å². The molecule has 0 bridgehead atoms. The molecule has 1 heterocycles. The molecule has 9 heavy (non-hydrogen) atoms. The predicted molar refractivity (Wildman–Crippen MR) is 30.9 cm³/mol. The first-order valence-corrected chi connectivity index (χ1v) is 2.22. The molecule has 1 aliphatic heterocycles. The van der Waals surface area contributed by atoms with Crippen molar-refractivity contribution in [3.63, 3.8) is 0 Å². The van der Waals surface area contributed by atoms with Crippen molar-refractivity contribution >= 4 is 11.8 Å². The number of hydrogen-bond donors (Lipinski definition) is 1. The summed E-state index contributed by atoms with van der Waals surface area (Å²) in [4.78, 5) is 15.9. The highest BCUT2D eigenvalue weighted by Crippen LogP contribution is 1.91. The minimum atomic E-state index is -0.667. The summed E-state index contributed by atoms with van der Waals surface area (Å²) in [5.74, 6) is -0.200. The van der Waals surface area contributed by atoms with Crippen LogP contribution in [0.3, 0.4) is 0 Å². The summed E-state index contributed by atoms with van der Waals surface area (Å²) >= 11 is 0. The Morgan fingerprint density at radius 3 is 2.67 bits per heavy atom. The van der Waals surface area contributed by atoms with Crippen molar-refractivity contribution in [3.8, 4) is 0 Å². The predicted octanol–water partition coefficient (Wildman–Crippen LogP) is -1.01. The summed E-state index contributed by atoms with van der Waals surface area (Å²) in [7, 11) is 0. The van der Waals surface area contributed by atoms with Gasteiger partial charge in [0.2, 0.25) is 5.84 Å². The molecule has 48 valence electrons. The van der Waals surface area contributed by atoms with Crippen molar-refractivity contribution in [2.24, 2.45) is 15.7 Å². The van der Waals surface area contributed by atoms with E-state index in [4.69, 9.17) is 5.73 Å². The summed E-state index contributed by atoms with van der Waals surface area (Å²) in [5, 5.41) is 9.86. The zero-order chi connectivity index (χ0) is 6.85. The molecule has 1 rings (SSSR count). The standard InChI is InChI=1S/C3H4N4O2/c4-2-1-5-3(6-2)7(8)9/h1H2,(H2,4,5,6). The molecule has 6 nitrogen and oxygen atoms in total. The van der Waals surface area contributed by atoms with Gasteiger partial charge in [-0.25, -0.2) is 0 Å². The Morgan fingerprint density at radius 2 is 2.44 bits per heavy atom. The largest absolute Gasteiger partial charge is 0.465 e. The molecule has 1 aliphatic rings. The van der Waals surface area contributed by atoms with Crippen LogP contribution < -0.4 is 5.73 Å². The molecule has 0 amide bonds. The Morgan fingerprint density at radius 1 is 1.78 bits per heavy atom. The number of nitro groups is 1. The van der Waals surface area contributed by atoms with Crippen LogP contribution in [0.5, 0.6) is 0 Å². The zero-order valence-electron chi connectivity index (χ0n) is 4.44. The molecular formula is C3H4N4O2. The highest BCUT2D eigenvalue weighted by atomic mass is 16.6. The van der Waals surface area contributed by atoms with Crippen LogP contribution in [0.15, 0.2) is 9.98 Å². The van der Waals surface area contributed by atoms with Gasteiger partial charge in [-0.05, 0) is 9.92 Å². The first-order valence-electron chi connectivity index (χ1n) is 2.22. The van der Waals surface area contributed by atoms with Crippen LogP contribution in [-0.4, -0.2) is 23.3 Å². The summed E-state index contributed by atoms with van der Waals surface area (Å²) in [6.45, 7) is 0.149. The Labute approximate surface area is 50.2 Å². The minimum Gasteiger partial charge on any atom is -0.390 e.